The molecule has 0 aliphatic carbocycles. The average molecular weight is 223 g/mol. The van der Waals surface area contributed by atoms with Gasteiger partial charge in [0.1, 0.15) is 5.75 Å². The standard InChI is InChI=1S/C13H21NO2/c1-9-10(8-14(4)5)12(15)7-6-11(9)13(2,3)16/h6-7,15-16H,8H2,1-5H3. The van der Waals surface area contributed by atoms with Crippen LogP contribution in [0.5, 0.6) is 5.75 Å². The molecule has 0 aliphatic rings. The summed E-state index contributed by atoms with van der Waals surface area (Å²) in [6.45, 7) is 6.12. The number of aliphatic hydroxyl groups is 1. The van der Waals surface area contributed by atoms with Crippen molar-refractivity contribution in [2.45, 2.75) is 32.9 Å². The summed E-state index contributed by atoms with van der Waals surface area (Å²) in [5, 5.41) is 19.8. The van der Waals surface area contributed by atoms with Crippen LogP contribution in [0.1, 0.15) is 30.5 Å². The summed E-state index contributed by atoms with van der Waals surface area (Å²) in [7, 11) is 3.91. The van der Waals surface area contributed by atoms with Gasteiger partial charge in [0.05, 0.1) is 5.60 Å². The highest BCUT2D eigenvalue weighted by atomic mass is 16.3. The molecule has 0 fully saturated rings. The highest BCUT2D eigenvalue weighted by Crippen LogP contribution is 2.31. The van der Waals surface area contributed by atoms with E-state index in [1.165, 1.54) is 0 Å². The Labute approximate surface area is 97.3 Å². The fourth-order valence-corrected chi connectivity index (χ4v) is 1.92. The van der Waals surface area contributed by atoms with E-state index < -0.39 is 5.60 Å². The van der Waals surface area contributed by atoms with Gasteiger partial charge < -0.3 is 15.1 Å². The highest BCUT2D eigenvalue weighted by molar-refractivity contribution is 5.45. The van der Waals surface area contributed by atoms with Gasteiger partial charge >= 0.3 is 0 Å². The Kier molecular flexibility index (Phi) is 3.61. The van der Waals surface area contributed by atoms with E-state index in [-0.39, 0.29) is 0 Å². The van der Waals surface area contributed by atoms with Gasteiger partial charge in [-0.3, -0.25) is 0 Å². The van der Waals surface area contributed by atoms with Crippen LogP contribution in [-0.2, 0) is 12.1 Å². The second-order valence-corrected chi connectivity index (χ2v) is 5.03. The summed E-state index contributed by atoms with van der Waals surface area (Å²) in [5.41, 5.74) is 1.83. The van der Waals surface area contributed by atoms with E-state index >= 15 is 0 Å². The van der Waals surface area contributed by atoms with Gasteiger partial charge in [-0.2, -0.15) is 0 Å². The topological polar surface area (TPSA) is 43.7 Å². The number of phenols is 1. The Morgan fingerprint density at radius 3 is 2.25 bits per heavy atom. The van der Waals surface area contributed by atoms with E-state index in [9.17, 15) is 10.2 Å². The van der Waals surface area contributed by atoms with Crippen molar-refractivity contribution in [3.63, 3.8) is 0 Å². The Bertz CT molecular complexity index is 378. The van der Waals surface area contributed by atoms with Crippen molar-refractivity contribution in [3.8, 4) is 5.75 Å². The van der Waals surface area contributed by atoms with Gasteiger partial charge in [-0.15, -0.1) is 0 Å². The molecule has 0 saturated heterocycles. The molecule has 16 heavy (non-hydrogen) atoms. The second kappa shape index (κ2) is 4.44. The maximum atomic E-state index is 10.0. The molecule has 2 N–H and O–H groups in total. The molecule has 0 radical (unpaired) electrons. The van der Waals surface area contributed by atoms with Gasteiger partial charge in [0.25, 0.3) is 0 Å². The Balaban J connectivity index is 3.27. The SMILES string of the molecule is Cc1c(C(C)(C)O)ccc(O)c1CN(C)C. The molecular formula is C13H21NO2. The number of aromatic hydroxyl groups is 1. The molecule has 3 heteroatoms. The molecule has 0 unspecified atom stereocenters. The van der Waals surface area contributed by atoms with Crippen molar-refractivity contribution in [1.29, 1.82) is 0 Å². The van der Waals surface area contributed by atoms with Gasteiger partial charge in [-0.1, -0.05) is 6.07 Å². The third-order valence-corrected chi connectivity index (χ3v) is 2.71. The average Bonchev–Trinajstić information content (AvgIpc) is 2.09. The minimum atomic E-state index is -0.876. The number of hydrogen-bond donors (Lipinski definition) is 2. The summed E-state index contributed by atoms with van der Waals surface area (Å²) >= 11 is 0. The maximum Gasteiger partial charge on any atom is 0.120 e. The van der Waals surface area contributed by atoms with Gasteiger partial charge in [-0.25, -0.2) is 0 Å². The molecule has 0 aromatic heterocycles. The highest BCUT2D eigenvalue weighted by Gasteiger charge is 2.21. The molecule has 0 atom stereocenters. The van der Waals surface area contributed by atoms with Crippen molar-refractivity contribution in [3.05, 3.63) is 28.8 Å². The lowest BCUT2D eigenvalue weighted by atomic mass is 9.90. The zero-order chi connectivity index (χ0) is 12.5. The zero-order valence-electron chi connectivity index (χ0n) is 10.7. The fourth-order valence-electron chi connectivity index (χ4n) is 1.92. The molecule has 1 aromatic carbocycles. The summed E-state index contributed by atoms with van der Waals surface area (Å²) in [5.74, 6) is 0.291. The van der Waals surface area contributed by atoms with Crippen LogP contribution in [0, 0.1) is 6.92 Å². The molecule has 0 spiro atoms. The lowest BCUT2D eigenvalue weighted by Crippen LogP contribution is -2.19. The van der Waals surface area contributed by atoms with Crippen LogP contribution < -0.4 is 0 Å². The first kappa shape index (κ1) is 13.0. The van der Waals surface area contributed by atoms with Crippen molar-refractivity contribution in [2.24, 2.45) is 0 Å². The number of phenolic OH excluding ortho intramolecular Hbond substituents is 1. The van der Waals surface area contributed by atoms with Crippen LogP contribution in [0.25, 0.3) is 0 Å². The van der Waals surface area contributed by atoms with Crippen LogP contribution in [-0.4, -0.2) is 29.2 Å². The summed E-state index contributed by atoms with van der Waals surface area (Å²) in [6.07, 6.45) is 0. The summed E-state index contributed by atoms with van der Waals surface area (Å²) < 4.78 is 0. The molecule has 3 nitrogen and oxygen atoms in total. The third kappa shape index (κ3) is 2.74. The van der Waals surface area contributed by atoms with E-state index in [1.54, 1.807) is 26.0 Å². The Morgan fingerprint density at radius 2 is 1.81 bits per heavy atom. The predicted octanol–water partition coefficient (Wildman–Crippen LogP) is 1.99. The molecule has 0 bridgehead atoms. The van der Waals surface area contributed by atoms with Crippen molar-refractivity contribution >= 4 is 0 Å². The van der Waals surface area contributed by atoms with Crippen LogP contribution >= 0.6 is 0 Å². The molecule has 0 heterocycles. The summed E-state index contributed by atoms with van der Waals surface area (Å²) in [6, 6.07) is 3.43. The van der Waals surface area contributed by atoms with Gasteiger partial charge in [0.2, 0.25) is 0 Å². The first-order valence-electron chi connectivity index (χ1n) is 5.42. The predicted molar refractivity (Wildman–Crippen MR) is 65.5 cm³/mol. The molecular weight excluding hydrogens is 202 g/mol. The van der Waals surface area contributed by atoms with Crippen LogP contribution in [0.15, 0.2) is 12.1 Å². The largest absolute Gasteiger partial charge is 0.508 e. The number of nitrogens with zero attached hydrogens (tertiary/aromatic N) is 1. The smallest absolute Gasteiger partial charge is 0.120 e. The van der Waals surface area contributed by atoms with Gasteiger partial charge in [0, 0.05) is 12.1 Å². The number of rotatable bonds is 3. The molecule has 1 rings (SSSR count). The third-order valence-electron chi connectivity index (χ3n) is 2.71. The fraction of sp³-hybridized carbons (Fsp3) is 0.538. The molecule has 0 aliphatic heterocycles. The van der Waals surface area contributed by atoms with Gasteiger partial charge in [0.15, 0.2) is 0 Å². The first-order chi connectivity index (χ1) is 7.23. The quantitative estimate of drug-likeness (QED) is 0.823. The monoisotopic (exact) mass is 223 g/mol. The lowest BCUT2D eigenvalue weighted by Gasteiger charge is -2.24. The van der Waals surface area contributed by atoms with E-state index in [4.69, 9.17) is 0 Å². The van der Waals surface area contributed by atoms with Crippen LogP contribution in [0.4, 0.5) is 0 Å². The lowest BCUT2D eigenvalue weighted by molar-refractivity contribution is 0.0777. The first-order valence-corrected chi connectivity index (χ1v) is 5.42. The van der Waals surface area contributed by atoms with E-state index in [2.05, 4.69) is 0 Å². The van der Waals surface area contributed by atoms with Crippen LogP contribution in [0.2, 0.25) is 0 Å². The Hall–Kier alpha value is -1.06. The van der Waals surface area contributed by atoms with E-state index in [0.29, 0.717) is 12.3 Å². The van der Waals surface area contributed by atoms with E-state index in [0.717, 1.165) is 16.7 Å². The minimum Gasteiger partial charge on any atom is -0.508 e. The van der Waals surface area contributed by atoms with Crippen LogP contribution in [0.3, 0.4) is 0 Å². The molecule has 1 aromatic rings. The second-order valence-electron chi connectivity index (χ2n) is 5.03. The molecule has 90 valence electrons. The van der Waals surface area contributed by atoms with Crippen molar-refractivity contribution in [2.75, 3.05) is 14.1 Å². The van der Waals surface area contributed by atoms with Crippen molar-refractivity contribution < 1.29 is 10.2 Å². The normalized spacial score (nSPS) is 12.2. The maximum absolute atomic E-state index is 10.0. The Morgan fingerprint density at radius 1 is 1.25 bits per heavy atom. The number of benzene rings is 1. The summed E-state index contributed by atoms with van der Waals surface area (Å²) in [4.78, 5) is 2.00. The van der Waals surface area contributed by atoms with Gasteiger partial charge in [-0.05, 0) is 52.1 Å². The number of hydrogen-bond acceptors (Lipinski definition) is 3. The minimum absolute atomic E-state index is 0.291. The van der Waals surface area contributed by atoms with Crippen molar-refractivity contribution in [1.82, 2.24) is 4.90 Å². The molecule has 0 amide bonds. The zero-order valence-corrected chi connectivity index (χ0v) is 10.7. The van der Waals surface area contributed by atoms with E-state index in [1.807, 2.05) is 25.9 Å². The molecule has 0 saturated carbocycles.